The van der Waals surface area contributed by atoms with Crippen molar-refractivity contribution in [2.75, 3.05) is 0 Å². The van der Waals surface area contributed by atoms with E-state index in [0.717, 1.165) is 20.9 Å². The van der Waals surface area contributed by atoms with Crippen molar-refractivity contribution in [1.29, 1.82) is 0 Å². The Morgan fingerprint density at radius 2 is 2.24 bits per heavy atom. The highest BCUT2D eigenvalue weighted by Gasteiger charge is 2.02. The minimum atomic E-state index is -0.901. The Morgan fingerprint density at radius 3 is 2.94 bits per heavy atom. The van der Waals surface area contributed by atoms with Crippen LogP contribution >= 0.6 is 15.9 Å². The Balaban J connectivity index is 2.34. The number of carbonyl (C=O) groups is 1. The average molecular weight is 294 g/mol. The van der Waals surface area contributed by atoms with Crippen LogP contribution in [-0.2, 0) is 11.3 Å². The first-order valence-electron chi connectivity index (χ1n) is 5.21. The van der Waals surface area contributed by atoms with Crippen molar-refractivity contribution in [1.82, 2.24) is 4.57 Å². The topological polar surface area (TPSA) is 42.2 Å². The molecule has 0 aliphatic rings. The van der Waals surface area contributed by atoms with Gasteiger partial charge in [0.1, 0.15) is 0 Å². The number of hydrogen-bond donors (Lipinski definition) is 1. The number of allylic oxidation sites excluding steroid dienone is 1. The van der Waals surface area contributed by atoms with E-state index in [1.54, 1.807) is 0 Å². The molecular weight excluding hydrogens is 282 g/mol. The average Bonchev–Trinajstić information content (AvgIpc) is 2.59. The van der Waals surface area contributed by atoms with Crippen molar-refractivity contribution in [2.24, 2.45) is 0 Å². The summed E-state index contributed by atoms with van der Waals surface area (Å²) in [5, 5.41) is 9.81. The highest BCUT2D eigenvalue weighted by molar-refractivity contribution is 9.10. The van der Waals surface area contributed by atoms with E-state index in [0.29, 0.717) is 6.54 Å². The molecule has 0 aliphatic carbocycles. The number of carboxylic acids is 1. The van der Waals surface area contributed by atoms with Crippen molar-refractivity contribution in [3.63, 3.8) is 0 Å². The molecule has 0 fully saturated rings. The summed E-state index contributed by atoms with van der Waals surface area (Å²) in [4.78, 5) is 10.6. The zero-order valence-electron chi connectivity index (χ0n) is 9.35. The smallest absolute Gasteiger partial charge is 0.328 e. The van der Waals surface area contributed by atoms with Crippen LogP contribution in [0, 0.1) is 0 Å². The van der Waals surface area contributed by atoms with Crippen LogP contribution in [-0.4, -0.2) is 15.6 Å². The van der Waals surface area contributed by atoms with Gasteiger partial charge in [0, 0.05) is 34.2 Å². The minimum Gasteiger partial charge on any atom is -0.478 e. The lowest BCUT2D eigenvalue weighted by molar-refractivity contribution is -0.131. The summed E-state index contributed by atoms with van der Waals surface area (Å²) in [7, 11) is 0. The molecule has 2 aromatic rings. The van der Waals surface area contributed by atoms with Gasteiger partial charge < -0.3 is 9.67 Å². The van der Waals surface area contributed by atoms with Gasteiger partial charge in [-0.25, -0.2) is 4.79 Å². The molecule has 0 saturated carbocycles. The molecule has 17 heavy (non-hydrogen) atoms. The number of fused-ring (bicyclic) bond motifs is 1. The molecule has 0 aliphatic heterocycles. The van der Waals surface area contributed by atoms with E-state index in [2.05, 4.69) is 15.9 Å². The van der Waals surface area contributed by atoms with Crippen LogP contribution in [0.25, 0.3) is 10.9 Å². The number of aliphatic carboxylic acids is 1. The Kier molecular flexibility index (Phi) is 3.33. The van der Waals surface area contributed by atoms with Gasteiger partial charge in [-0.3, -0.25) is 0 Å². The number of nitrogens with zero attached hydrogens (tertiary/aromatic N) is 1. The molecule has 0 radical (unpaired) electrons. The van der Waals surface area contributed by atoms with Gasteiger partial charge in [0.05, 0.1) is 0 Å². The molecule has 1 aromatic heterocycles. The van der Waals surface area contributed by atoms with E-state index < -0.39 is 5.97 Å². The quantitative estimate of drug-likeness (QED) is 0.881. The van der Waals surface area contributed by atoms with Crippen LogP contribution in [0.3, 0.4) is 0 Å². The number of rotatable bonds is 3. The molecule has 0 amide bonds. The molecule has 0 spiro atoms. The van der Waals surface area contributed by atoms with Gasteiger partial charge in [0.2, 0.25) is 0 Å². The molecule has 2 rings (SSSR count). The van der Waals surface area contributed by atoms with Gasteiger partial charge in [-0.15, -0.1) is 0 Å². The fourth-order valence-corrected chi connectivity index (χ4v) is 2.21. The molecular formula is C13H12BrNO2. The van der Waals surface area contributed by atoms with E-state index in [-0.39, 0.29) is 0 Å². The summed E-state index contributed by atoms with van der Waals surface area (Å²) in [5.41, 5.74) is 1.92. The Labute approximate surface area is 107 Å². The van der Waals surface area contributed by atoms with E-state index in [1.807, 2.05) is 42.0 Å². The minimum absolute atomic E-state index is 0.595. The standard InChI is InChI=1S/C13H12BrNO2/c1-9(6-13(16)17)8-15-5-4-10-7-11(14)2-3-12(10)15/h2-7H,8H2,1H3,(H,16,17)/b9-6+. The highest BCUT2D eigenvalue weighted by Crippen LogP contribution is 2.21. The summed E-state index contributed by atoms with van der Waals surface area (Å²) in [6, 6.07) is 8.07. The maximum Gasteiger partial charge on any atom is 0.328 e. The molecule has 1 N–H and O–H groups in total. The highest BCUT2D eigenvalue weighted by atomic mass is 79.9. The van der Waals surface area contributed by atoms with Gasteiger partial charge in [-0.2, -0.15) is 0 Å². The zero-order chi connectivity index (χ0) is 12.4. The first-order chi connectivity index (χ1) is 8.06. The SMILES string of the molecule is C/C(=C\C(=O)O)Cn1ccc2cc(Br)ccc21. The fraction of sp³-hybridized carbons (Fsp3) is 0.154. The van der Waals surface area contributed by atoms with Crippen LogP contribution < -0.4 is 0 Å². The van der Waals surface area contributed by atoms with Crippen LogP contribution in [0.4, 0.5) is 0 Å². The van der Waals surface area contributed by atoms with Gasteiger partial charge >= 0.3 is 5.97 Å². The molecule has 1 heterocycles. The van der Waals surface area contributed by atoms with Crippen molar-refractivity contribution < 1.29 is 9.90 Å². The second-order valence-electron chi connectivity index (χ2n) is 3.98. The molecule has 3 nitrogen and oxygen atoms in total. The molecule has 0 atom stereocenters. The van der Waals surface area contributed by atoms with E-state index in [9.17, 15) is 4.79 Å². The van der Waals surface area contributed by atoms with Crippen molar-refractivity contribution in [3.05, 3.63) is 46.6 Å². The maximum absolute atomic E-state index is 10.6. The van der Waals surface area contributed by atoms with Crippen molar-refractivity contribution in [3.8, 4) is 0 Å². The Bertz CT molecular complexity index is 598. The number of hydrogen-bond acceptors (Lipinski definition) is 1. The first kappa shape index (κ1) is 11.9. The number of benzene rings is 1. The van der Waals surface area contributed by atoms with E-state index in [1.165, 1.54) is 6.08 Å². The van der Waals surface area contributed by atoms with Crippen LogP contribution in [0.15, 0.2) is 46.6 Å². The Morgan fingerprint density at radius 1 is 1.47 bits per heavy atom. The number of carboxylic acid groups (broad SMARTS) is 1. The van der Waals surface area contributed by atoms with Gasteiger partial charge in [-0.05, 0) is 36.8 Å². The third-order valence-electron chi connectivity index (χ3n) is 2.52. The zero-order valence-corrected chi connectivity index (χ0v) is 10.9. The van der Waals surface area contributed by atoms with Crippen LogP contribution in [0.2, 0.25) is 0 Å². The lowest BCUT2D eigenvalue weighted by Gasteiger charge is -2.05. The third kappa shape index (κ3) is 2.77. The monoisotopic (exact) mass is 293 g/mol. The second kappa shape index (κ2) is 4.75. The summed E-state index contributed by atoms with van der Waals surface area (Å²) in [6.45, 7) is 2.41. The Hall–Kier alpha value is -1.55. The molecule has 88 valence electrons. The van der Waals surface area contributed by atoms with Gasteiger partial charge in [-0.1, -0.05) is 15.9 Å². The third-order valence-corrected chi connectivity index (χ3v) is 3.02. The molecule has 0 saturated heterocycles. The normalized spacial score (nSPS) is 12.0. The number of halogens is 1. The van der Waals surface area contributed by atoms with Gasteiger partial charge in [0.15, 0.2) is 0 Å². The summed E-state index contributed by atoms with van der Waals surface area (Å²) >= 11 is 3.43. The summed E-state index contributed by atoms with van der Waals surface area (Å²) < 4.78 is 3.08. The van der Waals surface area contributed by atoms with E-state index >= 15 is 0 Å². The molecule has 1 aromatic carbocycles. The molecule has 0 bridgehead atoms. The van der Waals surface area contributed by atoms with Crippen molar-refractivity contribution >= 4 is 32.8 Å². The molecule has 0 unspecified atom stereocenters. The maximum atomic E-state index is 10.6. The lowest BCUT2D eigenvalue weighted by atomic mass is 10.2. The van der Waals surface area contributed by atoms with Crippen LogP contribution in [0.5, 0.6) is 0 Å². The fourth-order valence-electron chi connectivity index (χ4n) is 1.83. The van der Waals surface area contributed by atoms with Crippen LogP contribution in [0.1, 0.15) is 6.92 Å². The predicted molar refractivity (Wildman–Crippen MR) is 71.0 cm³/mol. The predicted octanol–water partition coefficient (Wildman–Crippen LogP) is 3.43. The second-order valence-corrected chi connectivity index (χ2v) is 4.89. The van der Waals surface area contributed by atoms with Crippen molar-refractivity contribution in [2.45, 2.75) is 13.5 Å². The summed E-state index contributed by atoms with van der Waals surface area (Å²) in [6.07, 6.45) is 3.21. The lowest BCUT2D eigenvalue weighted by Crippen LogP contribution is -1.99. The van der Waals surface area contributed by atoms with Gasteiger partial charge in [0.25, 0.3) is 0 Å². The van der Waals surface area contributed by atoms with E-state index in [4.69, 9.17) is 5.11 Å². The molecule has 4 heteroatoms. The largest absolute Gasteiger partial charge is 0.478 e. The number of aromatic nitrogens is 1. The first-order valence-corrected chi connectivity index (χ1v) is 6.00. The summed E-state index contributed by atoms with van der Waals surface area (Å²) in [5.74, 6) is -0.901.